The number of hydrogen-bond donors (Lipinski definition) is 1. The van der Waals surface area contributed by atoms with Crippen LogP contribution < -0.4 is 5.32 Å². The van der Waals surface area contributed by atoms with E-state index in [9.17, 15) is 8.78 Å². The molecule has 0 amide bonds. The molecule has 0 aromatic heterocycles. The van der Waals surface area contributed by atoms with E-state index in [1.54, 1.807) is 0 Å². The topological polar surface area (TPSA) is 21.3 Å². The fourth-order valence-electron chi connectivity index (χ4n) is 0.887. The monoisotopic (exact) mass is 181 g/mol. The van der Waals surface area contributed by atoms with Gasteiger partial charge in [0.15, 0.2) is 0 Å². The average Bonchev–Trinajstić information content (AvgIpc) is 2.01. The Kier molecular flexibility index (Phi) is 7.29. The first kappa shape index (κ1) is 11.8. The summed E-state index contributed by atoms with van der Waals surface area (Å²) in [6.07, 6.45) is -0.627. The minimum atomic E-state index is -2.35. The molecule has 0 radical (unpaired) electrons. The Morgan fingerprint density at radius 2 is 2.08 bits per heavy atom. The molecule has 74 valence electrons. The summed E-state index contributed by atoms with van der Waals surface area (Å²) in [5.74, 6) is 0. The predicted molar refractivity (Wildman–Crippen MR) is 44.6 cm³/mol. The van der Waals surface area contributed by atoms with E-state index in [0.717, 1.165) is 19.4 Å². The van der Waals surface area contributed by atoms with Crippen LogP contribution in [0.2, 0.25) is 0 Å². The van der Waals surface area contributed by atoms with Crippen LogP contribution in [0.3, 0.4) is 0 Å². The molecule has 0 heterocycles. The zero-order valence-corrected chi connectivity index (χ0v) is 7.65. The maximum atomic E-state index is 11.6. The molecule has 0 aliphatic heterocycles. The van der Waals surface area contributed by atoms with Gasteiger partial charge < -0.3 is 10.1 Å². The molecule has 0 bridgehead atoms. The highest BCUT2D eigenvalue weighted by Gasteiger charge is 2.06. The maximum Gasteiger partial charge on any atom is 0.261 e. The summed E-state index contributed by atoms with van der Waals surface area (Å²) in [6, 6.07) is 0. The molecule has 0 saturated carbocycles. The largest absolute Gasteiger partial charge is 0.373 e. The van der Waals surface area contributed by atoms with E-state index in [-0.39, 0.29) is 6.10 Å². The fourth-order valence-corrected chi connectivity index (χ4v) is 0.887. The van der Waals surface area contributed by atoms with Crippen LogP contribution in [0.1, 0.15) is 19.8 Å². The maximum absolute atomic E-state index is 11.6. The van der Waals surface area contributed by atoms with Gasteiger partial charge in [-0.15, -0.1) is 0 Å². The van der Waals surface area contributed by atoms with Crippen LogP contribution in [0.15, 0.2) is 0 Å². The summed E-state index contributed by atoms with van der Waals surface area (Å²) in [7, 11) is 1.87. The molecule has 12 heavy (non-hydrogen) atoms. The molecule has 0 aliphatic carbocycles. The zero-order chi connectivity index (χ0) is 9.40. The van der Waals surface area contributed by atoms with Gasteiger partial charge in [0.2, 0.25) is 0 Å². The molecule has 0 fully saturated rings. The number of ether oxygens (including phenoxy) is 1. The van der Waals surface area contributed by atoms with Gasteiger partial charge in [-0.05, 0) is 33.4 Å². The van der Waals surface area contributed by atoms with Crippen molar-refractivity contribution in [2.75, 3.05) is 20.2 Å². The second-order valence-electron chi connectivity index (χ2n) is 2.78. The van der Waals surface area contributed by atoms with Gasteiger partial charge in [-0.25, -0.2) is 8.78 Å². The SMILES string of the molecule is CNCCCC(C)OCC(F)F. The lowest BCUT2D eigenvalue weighted by molar-refractivity contribution is -0.0202. The van der Waals surface area contributed by atoms with E-state index < -0.39 is 13.0 Å². The van der Waals surface area contributed by atoms with E-state index in [2.05, 4.69) is 5.32 Å². The number of alkyl halides is 2. The number of nitrogens with one attached hydrogen (secondary N) is 1. The first-order valence-corrected chi connectivity index (χ1v) is 4.21. The molecule has 1 unspecified atom stereocenters. The zero-order valence-electron chi connectivity index (χ0n) is 7.65. The normalized spacial score (nSPS) is 13.8. The predicted octanol–water partition coefficient (Wildman–Crippen LogP) is 1.66. The Balaban J connectivity index is 3.15. The molecule has 4 heteroatoms. The van der Waals surface area contributed by atoms with E-state index in [0.29, 0.717) is 0 Å². The van der Waals surface area contributed by atoms with Crippen molar-refractivity contribution in [3.05, 3.63) is 0 Å². The molecular formula is C8H17F2NO. The summed E-state index contributed by atoms with van der Waals surface area (Å²) < 4.78 is 28.2. The van der Waals surface area contributed by atoms with Gasteiger partial charge in [-0.3, -0.25) is 0 Å². The van der Waals surface area contributed by atoms with Crippen molar-refractivity contribution < 1.29 is 13.5 Å². The van der Waals surface area contributed by atoms with Crippen molar-refractivity contribution in [2.45, 2.75) is 32.3 Å². The Morgan fingerprint density at radius 3 is 2.58 bits per heavy atom. The van der Waals surface area contributed by atoms with Gasteiger partial charge in [-0.2, -0.15) is 0 Å². The molecule has 0 spiro atoms. The highest BCUT2D eigenvalue weighted by Crippen LogP contribution is 2.03. The minimum absolute atomic E-state index is 0.0626. The highest BCUT2D eigenvalue weighted by atomic mass is 19.3. The van der Waals surface area contributed by atoms with Gasteiger partial charge in [0.1, 0.15) is 6.61 Å². The number of rotatable bonds is 7. The Bertz CT molecular complexity index is 101. The van der Waals surface area contributed by atoms with Crippen LogP contribution in [-0.4, -0.2) is 32.7 Å². The molecule has 0 aromatic rings. The number of hydrogen-bond acceptors (Lipinski definition) is 2. The van der Waals surface area contributed by atoms with Crippen LogP contribution in [-0.2, 0) is 4.74 Å². The molecule has 1 N–H and O–H groups in total. The minimum Gasteiger partial charge on any atom is -0.373 e. The van der Waals surface area contributed by atoms with Crippen molar-refractivity contribution in [1.82, 2.24) is 5.32 Å². The van der Waals surface area contributed by atoms with Gasteiger partial charge in [0.25, 0.3) is 6.43 Å². The van der Waals surface area contributed by atoms with Crippen molar-refractivity contribution in [3.8, 4) is 0 Å². The molecule has 2 nitrogen and oxygen atoms in total. The molecule has 1 atom stereocenters. The van der Waals surface area contributed by atoms with Crippen molar-refractivity contribution in [2.24, 2.45) is 0 Å². The molecule has 0 rings (SSSR count). The first-order valence-electron chi connectivity index (χ1n) is 4.21. The lowest BCUT2D eigenvalue weighted by atomic mass is 10.2. The van der Waals surface area contributed by atoms with Crippen LogP contribution in [0, 0.1) is 0 Å². The van der Waals surface area contributed by atoms with Crippen LogP contribution in [0.4, 0.5) is 8.78 Å². The van der Waals surface area contributed by atoms with E-state index in [1.807, 2.05) is 14.0 Å². The molecule has 0 saturated heterocycles. The molecule has 0 aliphatic rings. The van der Waals surface area contributed by atoms with E-state index in [4.69, 9.17) is 4.74 Å². The summed E-state index contributed by atoms with van der Waals surface area (Å²) in [6.45, 7) is 2.28. The fraction of sp³-hybridized carbons (Fsp3) is 1.00. The lowest BCUT2D eigenvalue weighted by Crippen LogP contribution is -2.16. The summed E-state index contributed by atoms with van der Waals surface area (Å²) in [5.41, 5.74) is 0. The quantitative estimate of drug-likeness (QED) is 0.603. The van der Waals surface area contributed by atoms with Crippen LogP contribution >= 0.6 is 0 Å². The van der Waals surface area contributed by atoms with Crippen molar-refractivity contribution >= 4 is 0 Å². The van der Waals surface area contributed by atoms with E-state index >= 15 is 0 Å². The second kappa shape index (κ2) is 7.43. The third kappa shape index (κ3) is 7.88. The van der Waals surface area contributed by atoms with Crippen LogP contribution in [0.5, 0.6) is 0 Å². The highest BCUT2D eigenvalue weighted by molar-refractivity contribution is 4.52. The van der Waals surface area contributed by atoms with E-state index in [1.165, 1.54) is 0 Å². The molecular weight excluding hydrogens is 164 g/mol. The third-order valence-electron chi connectivity index (χ3n) is 1.54. The smallest absolute Gasteiger partial charge is 0.261 e. The number of halogens is 2. The van der Waals surface area contributed by atoms with Crippen LogP contribution in [0.25, 0.3) is 0 Å². The molecule has 0 aromatic carbocycles. The average molecular weight is 181 g/mol. The Morgan fingerprint density at radius 1 is 1.42 bits per heavy atom. The third-order valence-corrected chi connectivity index (χ3v) is 1.54. The lowest BCUT2D eigenvalue weighted by Gasteiger charge is -2.11. The summed E-state index contributed by atoms with van der Waals surface area (Å²) in [5, 5.41) is 2.98. The van der Waals surface area contributed by atoms with Crippen molar-refractivity contribution in [3.63, 3.8) is 0 Å². The first-order chi connectivity index (χ1) is 5.66. The Hall–Kier alpha value is -0.220. The summed E-state index contributed by atoms with van der Waals surface area (Å²) in [4.78, 5) is 0. The van der Waals surface area contributed by atoms with Crippen molar-refractivity contribution in [1.29, 1.82) is 0 Å². The second-order valence-corrected chi connectivity index (χ2v) is 2.78. The standard InChI is InChI=1S/C8H17F2NO/c1-7(4-3-5-11-2)12-6-8(9)10/h7-8,11H,3-6H2,1-2H3. The summed E-state index contributed by atoms with van der Waals surface area (Å²) >= 11 is 0. The Labute approximate surface area is 72.3 Å². The van der Waals surface area contributed by atoms with Gasteiger partial charge in [-0.1, -0.05) is 0 Å². The van der Waals surface area contributed by atoms with Gasteiger partial charge >= 0.3 is 0 Å². The van der Waals surface area contributed by atoms with Gasteiger partial charge in [0.05, 0.1) is 6.10 Å². The van der Waals surface area contributed by atoms with Gasteiger partial charge in [0, 0.05) is 0 Å².